The zero-order chi connectivity index (χ0) is 17.1. The van der Waals surface area contributed by atoms with E-state index in [0.29, 0.717) is 35.8 Å². The summed E-state index contributed by atoms with van der Waals surface area (Å²) in [6, 6.07) is 6.25. The maximum atomic E-state index is 13.1. The molecule has 3 heterocycles. The largest absolute Gasteiger partial charge is 0.358 e. The summed E-state index contributed by atoms with van der Waals surface area (Å²) in [4.78, 5) is 3.74. The molecule has 7 heteroatoms. The number of nitrogens with zero attached hydrogens (tertiary/aromatic N) is 2. The second-order valence-electron chi connectivity index (χ2n) is 6.48. The number of aryl methyl sites for hydroxylation is 3. The van der Waals surface area contributed by atoms with Gasteiger partial charge in [0.1, 0.15) is 4.90 Å². The van der Waals surface area contributed by atoms with Crippen molar-refractivity contribution in [3.63, 3.8) is 0 Å². The molecular formula is C17H20N4O2S. The zero-order valence-corrected chi connectivity index (χ0v) is 14.8. The number of hydrogen-bond acceptors (Lipinski definition) is 3. The predicted molar refractivity (Wildman–Crippen MR) is 92.4 cm³/mol. The standard InChI is InChI=1S/C17H20N4O2S/c1-10-4-5-15-13(8-10)14-9-21(7-6-16(14)18-15)24(22,23)17-11(2)19-20-12(17)3/h4-5,8,18H,6-7,9H2,1-3H3,(H,19,20). The normalized spacial score (nSPS) is 15.8. The van der Waals surface area contributed by atoms with Crippen LogP contribution in [-0.2, 0) is 23.0 Å². The van der Waals surface area contributed by atoms with E-state index in [1.54, 1.807) is 18.2 Å². The number of rotatable bonds is 2. The molecule has 0 radical (unpaired) electrons. The Morgan fingerprint density at radius 2 is 2.00 bits per heavy atom. The molecule has 6 nitrogen and oxygen atoms in total. The maximum absolute atomic E-state index is 13.1. The molecule has 0 spiro atoms. The highest BCUT2D eigenvalue weighted by Gasteiger charge is 2.33. The first-order valence-electron chi connectivity index (χ1n) is 7.99. The SMILES string of the molecule is Cc1ccc2[nH]c3c(c2c1)CN(S(=O)(=O)c1c(C)n[nH]c1C)CC3. The minimum Gasteiger partial charge on any atom is -0.358 e. The van der Waals surface area contributed by atoms with Gasteiger partial charge in [0.15, 0.2) is 0 Å². The van der Waals surface area contributed by atoms with Crippen LogP contribution in [0.4, 0.5) is 0 Å². The number of fused-ring (bicyclic) bond motifs is 3. The van der Waals surface area contributed by atoms with Crippen molar-refractivity contribution < 1.29 is 8.42 Å². The molecule has 0 bridgehead atoms. The molecule has 1 aliphatic heterocycles. The van der Waals surface area contributed by atoms with Gasteiger partial charge in [0.2, 0.25) is 10.0 Å². The third-order valence-corrected chi connectivity index (χ3v) is 6.86. The van der Waals surface area contributed by atoms with E-state index in [4.69, 9.17) is 0 Å². The average molecular weight is 344 g/mol. The number of benzene rings is 1. The summed E-state index contributed by atoms with van der Waals surface area (Å²) in [5, 5.41) is 7.92. The first-order valence-corrected chi connectivity index (χ1v) is 9.43. The molecule has 1 aromatic carbocycles. The van der Waals surface area contributed by atoms with Crippen molar-refractivity contribution in [2.24, 2.45) is 0 Å². The fourth-order valence-electron chi connectivity index (χ4n) is 3.56. The van der Waals surface area contributed by atoms with Gasteiger partial charge < -0.3 is 4.98 Å². The molecule has 0 amide bonds. The fourth-order valence-corrected chi connectivity index (χ4v) is 5.30. The Hall–Kier alpha value is -2.12. The summed E-state index contributed by atoms with van der Waals surface area (Å²) in [6.07, 6.45) is 0.693. The first kappa shape index (κ1) is 15.4. The third-order valence-electron chi connectivity index (χ3n) is 4.75. The number of sulfonamides is 1. The van der Waals surface area contributed by atoms with E-state index in [2.05, 4.69) is 33.4 Å². The number of nitrogens with one attached hydrogen (secondary N) is 2. The molecule has 0 saturated heterocycles. The van der Waals surface area contributed by atoms with Gasteiger partial charge in [-0.05, 0) is 38.5 Å². The molecule has 0 saturated carbocycles. The van der Waals surface area contributed by atoms with Crippen LogP contribution in [0.25, 0.3) is 10.9 Å². The van der Waals surface area contributed by atoms with Crippen molar-refractivity contribution in [1.29, 1.82) is 0 Å². The lowest BCUT2D eigenvalue weighted by Crippen LogP contribution is -2.36. The van der Waals surface area contributed by atoms with E-state index in [-0.39, 0.29) is 0 Å². The maximum Gasteiger partial charge on any atom is 0.247 e. The quantitative estimate of drug-likeness (QED) is 0.749. The topological polar surface area (TPSA) is 81.8 Å². The Morgan fingerprint density at radius 1 is 1.21 bits per heavy atom. The van der Waals surface area contributed by atoms with Crippen molar-refractivity contribution in [2.45, 2.75) is 38.6 Å². The van der Waals surface area contributed by atoms with Crippen LogP contribution in [0.5, 0.6) is 0 Å². The second-order valence-corrected chi connectivity index (χ2v) is 8.36. The van der Waals surface area contributed by atoms with Crippen molar-refractivity contribution in [3.8, 4) is 0 Å². The fraction of sp³-hybridized carbons (Fsp3) is 0.353. The number of hydrogen-bond donors (Lipinski definition) is 2. The first-order chi connectivity index (χ1) is 11.4. The lowest BCUT2D eigenvalue weighted by atomic mass is 10.0. The average Bonchev–Trinajstić information content (AvgIpc) is 3.06. The zero-order valence-electron chi connectivity index (χ0n) is 14.0. The molecule has 24 heavy (non-hydrogen) atoms. The van der Waals surface area contributed by atoms with Crippen LogP contribution in [-0.4, -0.2) is 34.4 Å². The van der Waals surface area contributed by atoms with Crippen molar-refractivity contribution in [1.82, 2.24) is 19.5 Å². The van der Waals surface area contributed by atoms with Crippen LogP contribution in [0.15, 0.2) is 23.1 Å². The van der Waals surface area contributed by atoms with Gasteiger partial charge in [-0.3, -0.25) is 5.10 Å². The Kier molecular flexibility index (Phi) is 3.33. The van der Waals surface area contributed by atoms with E-state index in [0.717, 1.165) is 22.2 Å². The predicted octanol–water partition coefficient (Wildman–Crippen LogP) is 2.56. The third kappa shape index (κ3) is 2.19. The minimum absolute atomic E-state index is 0.307. The highest BCUT2D eigenvalue weighted by molar-refractivity contribution is 7.89. The molecule has 0 atom stereocenters. The lowest BCUT2D eigenvalue weighted by molar-refractivity contribution is 0.390. The van der Waals surface area contributed by atoms with Gasteiger partial charge in [-0.1, -0.05) is 11.6 Å². The molecule has 2 N–H and O–H groups in total. The molecule has 1 aliphatic rings. The van der Waals surface area contributed by atoms with Crippen LogP contribution < -0.4 is 0 Å². The molecule has 3 aromatic rings. The number of aromatic nitrogens is 3. The molecular weight excluding hydrogens is 324 g/mol. The van der Waals surface area contributed by atoms with Crippen LogP contribution in [0, 0.1) is 20.8 Å². The van der Waals surface area contributed by atoms with Gasteiger partial charge in [-0.25, -0.2) is 8.42 Å². The smallest absolute Gasteiger partial charge is 0.247 e. The van der Waals surface area contributed by atoms with Crippen LogP contribution in [0.1, 0.15) is 28.2 Å². The highest BCUT2D eigenvalue weighted by Crippen LogP contribution is 2.32. The Labute approximate surface area is 140 Å². The minimum atomic E-state index is -3.55. The van der Waals surface area contributed by atoms with Crippen molar-refractivity contribution in [2.75, 3.05) is 6.54 Å². The van der Waals surface area contributed by atoms with Gasteiger partial charge in [0.25, 0.3) is 0 Å². The Balaban J connectivity index is 1.79. The summed E-state index contributed by atoms with van der Waals surface area (Å²) in [5.74, 6) is 0. The van der Waals surface area contributed by atoms with Gasteiger partial charge in [0.05, 0.1) is 11.4 Å². The number of H-pyrrole nitrogens is 2. The summed E-state index contributed by atoms with van der Waals surface area (Å²) in [7, 11) is -3.55. The van der Waals surface area contributed by atoms with E-state index in [9.17, 15) is 8.42 Å². The van der Waals surface area contributed by atoms with Crippen LogP contribution >= 0.6 is 0 Å². The summed E-state index contributed by atoms with van der Waals surface area (Å²) >= 11 is 0. The van der Waals surface area contributed by atoms with E-state index >= 15 is 0 Å². The molecule has 0 fully saturated rings. The molecule has 0 unspecified atom stereocenters. The van der Waals surface area contributed by atoms with Gasteiger partial charge in [-0.2, -0.15) is 9.40 Å². The molecule has 126 valence electrons. The second kappa shape index (κ2) is 5.19. The van der Waals surface area contributed by atoms with Gasteiger partial charge in [0, 0.05) is 36.1 Å². The summed E-state index contributed by atoms with van der Waals surface area (Å²) < 4.78 is 27.7. The Bertz CT molecular complexity index is 1030. The molecule has 0 aliphatic carbocycles. The molecule has 4 rings (SSSR count). The van der Waals surface area contributed by atoms with E-state index in [1.807, 2.05) is 6.92 Å². The Morgan fingerprint density at radius 3 is 2.71 bits per heavy atom. The van der Waals surface area contributed by atoms with E-state index in [1.165, 1.54) is 5.56 Å². The molecule has 2 aromatic heterocycles. The summed E-state index contributed by atoms with van der Waals surface area (Å²) in [5.41, 5.74) is 5.58. The van der Waals surface area contributed by atoms with Gasteiger partial charge in [-0.15, -0.1) is 0 Å². The van der Waals surface area contributed by atoms with E-state index < -0.39 is 10.0 Å². The highest BCUT2D eigenvalue weighted by atomic mass is 32.2. The van der Waals surface area contributed by atoms with Crippen molar-refractivity contribution in [3.05, 3.63) is 46.4 Å². The lowest BCUT2D eigenvalue weighted by Gasteiger charge is -2.26. The van der Waals surface area contributed by atoms with Crippen molar-refractivity contribution >= 4 is 20.9 Å². The van der Waals surface area contributed by atoms with Crippen LogP contribution in [0.2, 0.25) is 0 Å². The van der Waals surface area contributed by atoms with Crippen LogP contribution in [0.3, 0.4) is 0 Å². The number of aromatic amines is 2. The monoisotopic (exact) mass is 344 g/mol. The van der Waals surface area contributed by atoms with Gasteiger partial charge >= 0.3 is 0 Å². The summed E-state index contributed by atoms with van der Waals surface area (Å²) in [6.45, 7) is 6.39.